The van der Waals surface area contributed by atoms with Crippen LogP contribution in [0.15, 0.2) is 34.9 Å². The molecule has 0 spiro atoms. The maximum atomic E-state index is 5.96. The number of methoxy groups -OCH3 is 1. The van der Waals surface area contributed by atoms with E-state index in [4.69, 9.17) is 10.5 Å². The number of fused-ring (bicyclic) bond motifs is 1. The number of nitrogens with one attached hydrogen (secondary N) is 1. The summed E-state index contributed by atoms with van der Waals surface area (Å²) >= 11 is 3.41. The fourth-order valence-corrected chi connectivity index (χ4v) is 2.44. The molecule has 0 aliphatic carbocycles. The molecule has 1 aromatic carbocycles. The Hall–Kier alpha value is -2.08. The zero-order valence-corrected chi connectivity index (χ0v) is 11.7. The summed E-state index contributed by atoms with van der Waals surface area (Å²) in [6, 6.07) is 7.50. The number of aromatic nitrogens is 3. The summed E-state index contributed by atoms with van der Waals surface area (Å²) < 4.78 is 6.15. The zero-order valence-electron chi connectivity index (χ0n) is 10.1. The summed E-state index contributed by atoms with van der Waals surface area (Å²) in [5.41, 5.74) is 8.99. The van der Waals surface area contributed by atoms with Gasteiger partial charge >= 0.3 is 0 Å². The van der Waals surface area contributed by atoms with Gasteiger partial charge in [0, 0.05) is 10.7 Å². The molecule has 5 nitrogen and oxygen atoms in total. The predicted octanol–water partition coefficient (Wildman–Crippen LogP) is 2.98. The number of rotatable bonds is 2. The Kier molecular flexibility index (Phi) is 2.87. The number of halogens is 1. The van der Waals surface area contributed by atoms with Crippen LogP contribution in [0.4, 0.5) is 5.69 Å². The molecule has 0 saturated heterocycles. The van der Waals surface area contributed by atoms with Crippen LogP contribution in [0, 0.1) is 0 Å². The zero-order chi connectivity index (χ0) is 13.4. The molecule has 0 fully saturated rings. The lowest BCUT2D eigenvalue weighted by molar-refractivity contribution is 0.399. The van der Waals surface area contributed by atoms with E-state index in [9.17, 15) is 0 Å². The van der Waals surface area contributed by atoms with Gasteiger partial charge < -0.3 is 15.5 Å². The summed E-state index contributed by atoms with van der Waals surface area (Å²) in [6.07, 6.45) is 1.68. The highest BCUT2D eigenvalue weighted by Crippen LogP contribution is 2.30. The molecule has 0 saturated carbocycles. The van der Waals surface area contributed by atoms with Gasteiger partial charge in [0.2, 0.25) is 5.88 Å². The third-order valence-corrected chi connectivity index (χ3v) is 3.26. The summed E-state index contributed by atoms with van der Waals surface area (Å²) in [6.45, 7) is 0. The number of H-pyrrole nitrogens is 1. The second kappa shape index (κ2) is 4.55. The number of aromatic amines is 1. The molecule has 0 aliphatic heterocycles. The number of ether oxygens (including phenoxy) is 1. The number of nitrogens with zero attached hydrogens (tertiary/aromatic N) is 2. The van der Waals surface area contributed by atoms with Crippen molar-refractivity contribution in [2.24, 2.45) is 0 Å². The second-order valence-electron chi connectivity index (χ2n) is 4.04. The number of imidazole rings is 1. The molecule has 3 aromatic rings. The first kappa shape index (κ1) is 12.0. The predicted molar refractivity (Wildman–Crippen MR) is 78.0 cm³/mol. The number of nitrogens with two attached hydrogens (primary N) is 1. The van der Waals surface area contributed by atoms with E-state index < -0.39 is 0 Å². The van der Waals surface area contributed by atoms with Crippen LogP contribution >= 0.6 is 15.9 Å². The van der Waals surface area contributed by atoms with Gasteiger partial charge in [0.05, 0.1) is 23.9 Å². The Labute approximate surface area is 118 Å². The molecular weight excluding hydrogens is 308 g/mol. The molecule has 0 aliphatic rings. The van der Waals surface area contributed by atoms with Crippen molar-refractivity contribution < 1.29 is 4.74 Å². The van der Waals surface area contributed by atoms with Gasteiger partial charge in [-0.1, -0.05) is 15.9 Å². The minimum absolute atomic E-state index is 0.527. The lowest BCUT2D eigenvalue weighted by Crippen LogP contribution is -1.91. The molecule has 2 heterocycles. The monoisotopic (exact) mass is 318 g/mol. The van der Waals surface area contributed by atoms with E-state index in [0.717, 1.165) is 21.1 Å². The average molecular weight is 319 g/mol. The SMILES string of the molecule is COc1ncccc1-c1nc2c(N)cc(Br)cc2[nH]1. The quantitative estimate of drug-likeness (QED) is 0.712. The van der Waals surface area contributed by atoms with Gasteiger partial charge in [-0.3, -0.25) is 0 Å². The fraction of sp³-hybridized carbons (Fsp3) is 0.0769. The van der Waals surface area contributed by atoms with Crippen molar-refractivity contribution in [3.05, 3.63) is 34.9 Å². The second-order valence-corrected chi connectivity index (χ2v) is 4.95. The molecule has 3 rings (SSSR count). The Morgan fingerprint density at radius 3 is 3.00 bits per heavy atom. The Morgan fingerprint density at radius 1 is 1.37 bits per heavy atom. The smallest absolute Gasteiger partial charge is 0.224 e. The Balaban J connectivity index is 2.23. The summed E-state index contributed by atoms with van der Waals surface area (Å²) in [5.74, 6) is 1.21. The van der Waals surface area contributed by atoms with Crippen LogP contribution in [-0.4, -0.2) is 22.1 Å². The molecule has 2 aromatic heterocycles. The molecule has 0 unspecified atom stereocenters. The van der Waals surface area contributed by atoms with Crippen LogP contribution in [-0.2, 0) is 0 Å². The van der Waals surface area contributed by atoms with Gasteiger partial charge in [-0.2, -0.15) is 0 Å². The van der Waals surface area contributed by atoms with Crippen molar-refractivity contribution in [2.75, 3.05) is 12.8 Å². The summed E-state index contributed by atoms with van der Waals surface area (Å²) in [5, 5.41) is 0. The van der Waals surface area contributed by atoms with E-state index in [2.05, 4.69) is 30.9 Å². The molecule has 0 radical (unpaired) electrons. The lowest BCUT2D eigenvalue weighted by atomic mass is 10.2. The molecular formula is C13H11BrN4O. The van der Waals surface area contributed by atoms with E-state index in [1.165, 1.54) is 0 Å². The maximum absolute atomic E-state index is 5.96. The molecule has 96 valence electrons. The van der Waals surface area contributed by atoms with Crippen molar-refractivity contribution >= 4 is 32.7 Å². The highest BCUT2D eigenvalue weighted by atomic mass is 79.9. The van der Waals surface area contributed by atoms with Gasteiger partial charge in [-0.15, -0.1) is 0 Å². The average Bonchev–Trinajstić information content (AvgIpc) is 2.82. The third-order valence-electron chi connectivity index (χ3n) is 2.80. The van der Waals surface area contributed by atoms with Crippen LogP contribution in [0.1, 0.15) is 0 Å². The van der Waals surface area contributed by atoms with Crippen LogP contribution < -0.4 is 10.5 Å². The van der Waals surface area contributed by atoms with Gasteiger partial charge in [0.15, 0.2) is 0 Å². The minimum Gasteiger partial charge on any atom is -0.480 e. The molecule has 0 amide bonds. The highest BCUT2D eigenvalue weighted by Gasteiger charge is 2.12. The van der Waals surface area contributed by atoms with Crippen molar-refractivity contribution in [3.8, 4) is 17.3 Å². The van der Waals surface area contributed by atoms with Gasteiger partial charge in [0.25, 0.3) is 0 Å². The van der Waals surface area contributed by atoms with Crippen molar-refractivity contribution in [1.82, 2.24) is 15.0 Å². The van der Waals surface area contributed by atoms with Crippen molar-refractivity contribution in [1.29, 1.82) is 0 Å². The number of anilines is 1. The van der Waals surface area contributed by atoms with Gasteiger partial charge in [-0.25, -0.2) is 9.97 Å². The van der Waals surface area contributed by atoms with E-state index in [-0.39, 0.29) is 0 Å². The van der Waals surface area contributed by atoms with Gasteiger partial charge in [0.1, 0.15) is 11.3 Å². The first-order valence-electron chi connectivity index (χ1n) is 5.63. The molecule has 3 N–H and O–H groups in total. The number of pyridine rings is 1. The fourth-order valence-electron chi connectivity index (χ4n) is 1.97. The first-order valence-corrected chi connectivity index (χ1v) is 6.42. The van der Waals surface area contributed by atoms with E-state index in [1.54, 1.807) is 13.3 Å². The van der Waals surface area contributed by atoms with Crippen LogP contribution in [0.2, 0.25) is 0 Å². The molecule has 0 bridgehead atoms. The normalized spacial score (nSPS) is 10.8. The molecule has 0 atom stereocenters. The summed E-state index contributed by atoms with van der Waals surface area (Å²) in [7, 11) is 1.58. The largest absolute Gasteiger partial charge is 0.480 e. The topological polar surface area (TPSA) is 76.8 Å². The Morgan fingerprint density at radius 2 is 2.21 bits per heavy atom. The summed E-state index contributed by atoms with van der Waals surface area (Å²) in [4.78, 5) is 11.9. The number of hydrogen-bond donors (Lipinski definition) is 2. The van der Waals surface area contributed by atoms with Gasteiger partial charge in [-0.05, 0) is 24.3 Å². The van der Waals surface area contributed by atoms with Crippen molar-refractivity contribution in [3.63, 3.8) is 0 Å². The van der Waals surface area contributed by atoms with Crippen LogP contribution in [0.5, 0.6) is 5.88 Å². The Bertz CT molecular complexity index is 753. The number of benzene rings is 1. The first-order chi connectivity index (χ1) is 9.19. The van der Waals surface area contributed by atoms with E-state index in [0.29, 0.717) is 17.4 Å². The van der Waals surface area contributed by atoms with Crippen molar-refractivity contribution in [2.45, 2.75) is 0 Å². The van der Waals surface area contributed by atoms with Crippen LogP contribution in [0.3, 0.4) is 0 Å². The standard InChI is InChI=1S/C13H11BrN4O/c1-19-13-8(3-2-4-16-13)12-17-10-6-7(14)5-9(15)11(10)18-12/h2-6H,15H2,1H3,(H,17,18). The highest BCUT2D eigenvalue weighted by molar-refractivity contribution is 9.10. The molecule has 19 heavy (non-hydrogen) atoms. The maximum Gasteiger partial charge on any atom is 0.224 e. The number of hydrogen-bond acceptors (Lipinski definition) is 4. The molecule has 6 heteroatoms. The lowest BCUT2D eigenvalue weighted by Gasteiger charge is -2.03. The van der Waals surface area contributed by atoms with E-state index in [1.807, 2.05) is 24.3 Å². The van der Waals surface area contributed by atoms with E-state index >= 15 is 0 Å². The third kappa shape index (κ3) is 2.04. The minimum atomic E-state index is 0.527. The number of nitrogen functional groups attached to an aromatic ring is 1. The van der Waals surface area contributed by atoms with Crippen LogP contribution in [0.25, 0.3) is 22.4 Å².